The Hall–Kier alpha value is -1.75. The number of carboxylic acid groups (broad SMARTS) is 1. The van der Waals surface area contributed by atoms with Gasteiger partial charge in [0.15, 0.2) is 0 Å². The van der Waals surface area contributed by atoms with Crippen LogP contribution in [0.15, 0.2) is 18.2 Å². The van der Waals surface area contributed by atoms with Crippen LogP contribution in [0.4, 0.5) is 11.4 Å². The first kappa shape index (κ1) is 13.7. The van der Waals surface area contributed by atoms with Gasteiger partial charge in [0, 0.05) is 31.1 Å². The number of aromatic carboxylic acids is 1. The van der Waals surface area contributed by atoms with Crippen LogP contribution in [0.2, 0.25) is 0 Å². The lowest BCUT2D eigenvalue weighted by Crippen LogP contribution is -2.10. The summed E-state index contributed by atoms with van der Waals surface area (Å²) in [7, 11) is 0. The summed E-state index contributed by atoms with van der Waals surface area (Å²) in [5, 5.41) is 12.2. The minimum Gasteiger partial charge on any atom is -0.478 e. The molecule has 0 amide bonds. The van der Waals surface area contributed by atoms with Crippen LogP contribution in [-0.2, 0) is 4.74 Å². The number of hydrogen-bond donors (Lipinski definition) is 3. The van der Waals surface area contributed by atoms with Crippen LogP contribution in [0.1, 0.15) is 29.6 Å². The Labute approximate surface area is 112 Å². The zero-order valence-electron chi connectivity index (χ0n) is 10.9. The van der Waals surface area contributed by atoms with Crippen LogP contribution < -0.4 is 11.1 Å². The molecule has 0 unspecified atom stereocenters. The molecule has 5 nitrogen and oxygen atoms in total. The van der Waals surface area contributed by atoms with E-state index >= 15 is 0 Å². The van der Waals surface area contributed by atoms with Crippen molar-refractivity contribution in [1.29, 1.82) is 0 Å². The smallest absolute Gasteiger partial charge is 0.337 e. The molecule has 19 heavy (non-hydrogen) atoms. The number of ether oxygens (including phenoxy) is 1. The number of hydrogen-bond acceptors (Lipinski definition) is 4. The van der Waals surface area contributed by atoms with E-state index in [0.29, 0.717) is 24.5 Å². The fourth-order valence-corrected chi connectivity index (χ4v) is 1.82. The fraction of sp³-hybridized carbons (Fsp3) is 0.500. The molecule has 1 fully saturated rings. The van der Waals surface area contributed by atoms with Gasteiger partial charge >= 0.3 is 5.97 Å². The van der Waals surface area contributed by atoms with Gasteiger partial charge in [0.05, 0.1) is 5.56 Å². The van der Waals surface area contributed by atoms with Crippen LogP contribution in [0.25, 0.3) is 0 Å². The molecule has 0 spiro atoms. The van der Waals surface area contributed by atoms with Crippen molar-refractivity contribution in [3.8, 4) is 0 Å². The molecule has 0 aromatic heterocycles. The van der Waals surface area contributed by atoms with Crippen molar-refractivity contribution in [2.24, 2.45) is 5.92 Å². The molecule has 0 bridgehead atoms. The molecule has 104 valence electrons. The molecule has 5 heteroatoms. The van der Waals surface area contributed by atoms with Gasteiger partial charge in [0.1, 0.15) is 0 Å². The number of nitrogen functional groups attached to an aromatic ring is 1. The van der Waals surface area contributed by atoms with E-state index in [1.807, 2.05) is 0 Å². The van der Waals surface area contributed by atoms with Gasteiger partial charge in [-0.05, 0) is 43.4 Å². The van der Waals surface area contributed by atoms with Gasteiger partial charge in [-0.2, -0.15) is 0 Å². The van der Waals surface area contributed by atoms with Crippen LogP contribution in [0, 0.1) is 5.92 Å². The van der Waals surface area contributed by atoms with Crippen molar-refractivity contribution in [2.45, 2.75) is 19.3 Å². The van der Waals surface area contributed by atoms with E-state index in [0.717, 1.165) is 18.9 Å². The molecule has 0 atom stereocenters. The van der Waals surface area contributed by atoms with Crippen LogP contribution in [0.3, 0.4) is 0 Å². The summed E-state index contributed by atoms with van der Waals surface area (Å²) >= 11 is 0. The van der Waals surface area contributed by atoms with E-state index < -0.39 is 5.97 Å². The number of benzene rings is 1. The Morgan fingerprint density at radius 3 is 2.95 bits per heavy atom. The highest BCUT2D eigenvalue weighted by molar-refractivity contribution is 5.95. The van der Waals surface area contributed by atoms with Crippen LogP contribution >= 0.6 is 0 Å². The van der Waals surface area contributed by atoms with E-state index in [4.69, 9.17) is 15.6 Å². The fourth-order valence-electron chi connectivity index (χ4n) is 1.82. The first-order chi connectivity index (χ1) is 9.16. The van der Waals surface area contributed by atoms with Gasteiger partial charge in [-0.1, -0.05) is 0 Å². The van der Waals surface area contributed by atoms with Crippen molar-refractivity contribution < 1.29 is 14.6 Å². The first-order valence-corrected chi connectivity index (χ1v) is 6.61. The molecule has 1 aliphatic rings. The molecule has 1 aliphatic carbocycles. The highest BCUT2D eigenvalue weighted by Crippen LogP contribution is 2.28. The summed E-state index contributed by atoms with van der Waals surface area (Å²) in [5.74, 6) is -0.191. The summed E-state index contributed by atoms with van der Waals surface area (Å²) < 4.78 is 5.52. The molecule has 1 aromatic rings. The average molecular weight is 264 g/mol. The van der Waals surface area contributed by atoms with Gasteiger partial charge in [-0.15, -0.1) is 0 Å². The molecule has 0 heterocycles. The highest BCUT2D eigenvalue weighted by Gasteiger charge is 2.20. The standard InChI is InChI=1S/C14H20N2O3/c15-11-4-5-13(12(8-11)14(17)18)16-6-1-7-19-9-10-2-3-10/h4-5,8,10,16H,1-3,6-7,9,15H2,(H,17,18). The zero-order chi connectivity index (χ0) is 13.7. The summed E-state index contributed by atoms with van der Waals surface area (Å²) in [6.45, 7) is 2.26. The van der Waals surface area contributed by atoms with E-state index in [1.165, 1.54) is 18.9 Å². The number of carbonyl (C=O) groups is 1. The third-order valence-electron chi connectivity index (χ3n) is 3.11. The largest absolute Gasteiger partial charge is 0.478 e. The van der Waals surface area contributed by atoms with Crippen LogP contribution in [0.5, 0.6) is 0 Å². The Kier molecular flexibility index (Phi) is 4.63. The Bertz CT molecular complexity index is 444. The van der Waals surface area contributed by atoms with Gasteiger partial charge in [0.2, 0.25) is 0 Å². The monoisotopic (exact) mass is 264 g/mol. The zero-order valence-corrected chi connectivity index (χ0v) is 10.9. The predicted molar refractivity (Wildman–Crippen MR) is 74.5 cm³/mol. The summed E-state index contributed by atoms with van der Waals surface area (Å²) in [6, 6.07) is 4.86. The molecule has 0 saturated heterocycles. The molecule has 0 radical (unpaired) electrons. The Balaban J connectivity index is 1.73. The maximum atomic E-state index is 11.1. The lowest BCUT2D eigenvalue weighted by atomic mass is 10.1. The molecule has 4 N–H and O–H groups in total. The lowest BCUT2D eigenvalue weighted by Gasteiger charge is -2.10. The predicted octanol–water partition coefficient (Wildman–Crippen LogP) is 2.20. The second-order valence-corrected chi connectivity index (χ2v) is 4.91. The second kappa shape index (κ2) is 6.43. The maximum absolute atomic E-state index is 11.1. The maximum Gasteiger partial charge on any atom is 0.337 e. The van der Waals surface area contributed by atoms with Crippen molar-refractivity contribution in [1.82, 2.24) is 0 Å². The van der Waals surface area contributed by atoms with E-state index in [1.54, 1.807) is 12.1 Å². The van der Waals surface area contributed by atoms with Gasteiger partial charge < -0.3 is 20.9 Å². The molecule has 1 aromatic carbocycles. The van der Waals surface area contributed by atoms with Gasteiger partial charge in [0.25, 0.3) is 0 Å². The third kappa shape index (κ3) is 4.44. The summed E-state index contributed by atoms with van der Waals surface area (Å²) in [5.41, 5.74) is 6.85. The quantitative estimate of drug-likeness (QED) is 0.495. The SMILES string of the molecule is Nc1ccc(NCCCOCC2CC2)c(C(=O)O)c1. The van der Waals surface area contributed by atoms with Gasteiger partial charge in [-0.3, -0.25) is 0 Å². The number of carboxylic acids is 1. The molecule has 0 aliphatic heterocycles. The number of rotatable bonds is 8. The summed E-state index contributed by atoms with van der Waals surface area (Å²) in [6.07, 6.45) is 3.45. The molecule has 1 saturated carbocycles. The van der Waals surface area contributed by atoms with Crippen molar-refractivity contribution in [3.63, 3.8) is 0 Å². The third-order valence-corrected chi connectivity index (χ3v) is 3.11. The minimum atomic E-state index is -0.972. The van der Waals surface area contributed by atoms with Crippen LogP contribution in [-0.4, -0.2) is 30.8 Å². The Morgan fingerprint density at radius 1 is 1.47 bits per heavy atom. The van der Waals surface area contributed by atoms with E-state index in [-0.39, 0.29) is 5.56 Å². The van der Waals surface area contributed by atoms with E-state index in [9.17, 15) is 4.79 Å². The molecular formula is C14H20N2O3. The van der Waals surface area contributed by atoms with Crippen molar-refractivity contribution >= 4 is 17.3 Å². The molecule has 2 rings (SSSR count). The normalized spacial score (nSPS) is 14.3. The minimum absolute atomic E-state index is 0.207. The number of nitrogens with two attached hydrogens (primary N) is 1. The second-order valence-electron chi connectivity index (χ2n) is 4.91. The van der Waals surface area contributed by atoms with Gasteiger partial charge in [-0.25, -0.2) is 4.79 Å². The van der Waals surface area contributed by atoms with Crippen molar-refractivity contribution in [2.75, 3.05) is 30.8 Å². The van der Waals surface area contributed by atoms with E-state index in [2.05, 4.69) is 5.32 Å². The number of nitrogens with one attached hydrogen (secondary N) is 1. The van der Waals surface area contributed by atoms with Crippen molar-refractivity contribution in [3.05, 3.63) is 23.8 Å². The lowest BCUT2D eigenvalue weighted by molar-refractivity contribution is 0.0698. The first-order valence-electron chi connectivity index (χ1n) is 6.61. The topological polar surface area (TPSA) is 84.6 Å². The Morgan fingerprint density at radius 2 is 2.26 bits per heavy atom. The number of anilines is 2. The summed E-state index contributed by atoms with van der Waals surface area (Å²) in [4.78, 5) is 11.1. The molecular weight excluding hydrogens is 244 g/mol. The average Bonchev–Trinajstić information content (AvgIpc) is 3.19. The highest BCUT2D eigenvalue weighted by atomic mass is 16.5.